The lowest BCUT2D eigenvalue weighted by atomic mass is 10.2. The molecular formula is C15H13FN2O5S. The summed E-state index contributed by atoms with van der Waals surface area (Å²) >= 11 is 0. The van der Waals surface area contributed by atoms with Crippen LogP contribution in [0.3, 0.4) is 0 Å². The molecule has 2 aromatic rings. The van der Waals surface area contributed by atoms with Gasteiger partial charge < -0.3 is 4.74 Å². The summed E-state index contributed by atoms with van der Waals surface area (Å²) in [5, 5.41) is 0. The summed E-state index contributed by atoms with van der Waals surface area (Å²) in [5.74, 6) is -2.45. The number of sulfonamides is 1. The number of nitrogens with one attached hydrogen (secondary N) is 2. The predicted molar refractivity (Wildman–Crippen MR) is 82.0 cm³/mol. The molecule has 0 radical (unpaired) electrons. The first-order chi connectivity index (χ1) is 11.3. The summed E-state index contributed by atoms with van der Waals surface area (Å²) in [5.41, 5.74) is 1.62. The van der Waals surface area contributed by atoms with Gasteiger partial charge in [0, 0.05) is 0 Å². The van der Waals surface area contributed by atoms with Gasteiger partial charge in [-0.15, -0.1) is 4.83 Å². The van der Waals surface area contributed by atoms with Crippen LogP contribution in [0.5, 0.6) is 0 Å². The van der Waals surface area contributed by atoms with Crippen LogP contribution in [0.1, 0.15) is 20.7 Å². The Bertz CT molecular complexity index is 883. The van der Waals surface area contributed by atoms with Crippen LogP contribution in [0.15, 0.2) is 53.4 Å². The van der Waals surface area contributed by atoms with Gasteiger partial charge in [0.15, 0.2) is 0 Å². The van der Waals surface area contributed by atoms with E-state index in [4.69, 9.17) is 0 Å². The molecule has 2 N–H and O–H groups in total. The minimum atomic E-state index is -4.15. The molecule has 0 aliphatic heterocycles. The van der Waals surface area contributed by atoms with E-state index in [9.17, 15) is 22.4 Å². The van der Waals surface area contributed by atoms with Gasteiger partial charge in [-0.05, 0) is 30.3 Å². The Labute approximate surface area is 137 Å². The van der Waals surface area contributed by atoms with Gasteiger partial charge in [-0.2, -0.15) is 0 Å². The van der Waals surface area contributed by atoms with Gasteiger partial charge in [-0.1, -0.05) is 18.2 Å². The smallest absolute Gasteiger partial charge is 0.337 e. The van der Waals surface area contributed by atoms with Crippen LogP contribution >= 0.6 is 0 Å². The number of carbonyl (C=O) groups is 2. The predicted octanol–water partition coefficient (Wildman–Crippen LogP) is 1.24. The van der Waals surface area contributed by atoms with E-state index in [0.29, 0.717) is 0 Å². The van der Waals surface area contributed by atoms with E-state index in [0.717, 1.165) is 19.2 Å². The molecular weight excluding hydrogens is 339 g/mol. The number of amides is 1. The summed E-state index contributed by atoms with van der Waals surface area (Å²) in [6.07, 6.45) is 0. The van der Waals surface area contributed by atoms with E-state index >= 15 is 0 Å². The van der Waals surface area contributed by atoms with Crippen molar-refractivity contribution < 1.29 is 27.1 Å². The summed E-state index contributed by atoms with van der Waals surface area (Å²) in [4.78, 5) is 24.8. The van der Waals surface area contributed by atoms with Crippen LogP contribution in [0.4, 0.5) is 4.39 Å². The monoisotopic (exact) mass is 352 g/mol. The number of hydrazine groups is 1. The molecule has 0 aliphatic carbocycles. The highest BCUT2D eigenvalue weighted by atomic mass is 32.2. The second kappa shape index (κ2) is 7.20. The van der Waals surface area contributed by atoms with E-state index < -0.39 is 27.7 Å². The fourth-order valence-corrected chi connectivity index (χ4v) is 2.68. The second-order valence-corrected chi connectivity index (χ2v) is 6.24. The van der Waals surface area contributed by atoms with Crippen molar-refractivity contribution in [1.82, 2.24) is 10.3 Å². The summed E-state index contributed by atoms with van der Waals surface area (Å²) < 4.78 is 42.3. The first kappa shape index (κ1) is 17.6. The normalized spacial score (nSPS) is 10.9. The zero-order valence-corrected chi connectivity index (χ0v) is 13.3. The molecule has 0 aliphatic rings. The van der Waals surface area contributed by atoms with E-state index in [2.05, 4.69) is 4.74 Å². The quantitative estimate of drug-likeness (QED) is 0.623. The lowest BCUT2D eigenvalue weighted by Gasteiger charge is -2.09. The first-order valence-corrected chi connectivity index (χ1v) is 8.08. The van der Waals surface area contributed by atoms with Crippen LogP contribution in [-0.4, -0.2) is 27.4 Å². The number of ether oxygens (including phenoxy) is 1. The molecule has 24 heavy (non-hydrogen) atoms. The SMILES string of the molecule is COC(=O)c1cccc(S(=O)(=O)NNC(=O)c2ccccc2F)c1. The van der Waals surface area contributed by atoms with Crippen molar-refractivity contribution in [2.75, 3.05) is 7.11 Å². The van der Waals surface area contributed by atoms with Gasteiger partial charge in [0.2, 0.25) is 0 Å². The molecule has 0 heterocycles. The summed E-state index contributed by atoms with van der Waals surface area (Å²) in [6, 6.07) is 10.1. The van der Waals surface area contributed by atoms with Crippen LogP contribution in [-0.2, 0) is 14.8 Å². The van der Waals surface area contributed by atoms with E-state index in [1.807, 2.05) is 10.3 Å². The van der Waals surface area contributed by atoms with Gasteiger partial charge in [0.25, 0.3) is 15.9 Å². The van der Waals surface area contributed by atoms with Gasteiger partial charge in [-0.3, -0.25) is 10.2 Å². The van der Waals surface area contributed by atoms with E-state index in [-0.39, 0.29) is 16.0 Å². The number of hydrogen-bond donors (Lipinski definition) is 2. The molecule has 0 fully saturated rings. The third-order valence-corrected chi connectivity index (χ3v) is 4.23. The molecule has 0 saturated carbocycles. The molecule has 0 unspecified atom stereocenters. The van der Waals surface area contributed by atoms with Crippen LogP contribution in [0.25, 0.3) is 0 Å². The summed E-state index contributed by atoms with van der Waals surface area (Å²) in [7, 11) is -2.99. The highest BCUT2D eigenvalue weighted by Gasteiger charge is 2.19. The highest BCUT2D eigenvalue weighted by Crippen LogP contribution is 2.12. The van der Waals surface area contributed by atoms with Crippen molar-refractivity contribution in [3.05, 3.63) is 65.5 Å². The van der Waals surface area contributed by atoms with Gasteiger partial charge >= 0.3 is 5.97 Å². The average Bonchev–Trinajstić information content (AvgIpc) is 2.59. The maximum absolute atomic E-state index is 13.5. The maximum Gasteiger partial charge on any atom is 0.337 e. The topological polar surface area (TPSA) is 102 Å². The Morgan fingerprint density at radius 1 is 1.08 bits per heavy atom. The number of rotatable bonds is 5. The molecule has 126 valence electrons. The molecule has 0 aromatic heterocycles. The van der Waals surface area contributed by atoms with Crippen molar-refractivity contribution in [2.24, 2.45) is 0 Å². The number of benzene rings is 2. The molecule has 9 heteroatoms. The van der Waals surface area contributed by atoms with Crippen molar-refractivity contribution >= 4 is 21.9 Å². The Hall–Kier alpha value is -2.78. The molecule has 2 rings (SSSR count). The average molecular weight is 352 g/mol. The van der Waals surface area contributed by atoms with Gasteiger partial charge in [0.1, 0.15) is 5.82 Å². The lowest BCUT2D eigenvalue weighted by Crippen LogP contribution is -2.41. The van der Waals surface area contributed by atoms with Crippen molar-refractivity contribution in [3.63, 3.8) is 0 Å². The molecule has 7 nitrogen and oxygen atoms in total. The second-order valence-electron chi connectivity index (χ2n) is 4.56. The Kier molecular flexibility index (Phi) is 5.27. The van der Waals surface area contributed by atoms with Crippen molar-refractivity contribution in [2.45, 2.75) is 4.90 Å². The summed E-state index contributed by atoms with van der Waals surface area (Å²) in [6.45, 7) is 0. The Balaban J connectivity index is 2.16. The van der Waals surface area contributed by atoms with Gasteiger partial charge in [-0.25, -0.2) is 17.6 Å². The fraction of sp³-hybridized carbons (Fsp3) is 0.0667. The van der Waals surface area contributed by atoms with Crippen LogP contribution < -0.4 is 10.3 Å². The van der Waals surface area contributed by atoms with E-state index in [1.54, 1.807) is 0 Å². The molecule has 0 saturated heterocycles. The molecule has 2 aromatic carbocycles. The Morgan fingerprint density at radius 2 is 1.79 bits per heavy atom. The molecule has 0 spiro atoms. The number of carbonyl (C=O) groups excluding carboxylic acids is 2. The molecule has 0 bridgehead atoms. The minimum Gasteiger partial charge on any atom is -0.465 e. The molecule has 1 amide bonds. The number of hydrogen-bond acceptors (Lipinski definition) is 5. The Morgan fingerprint density at radius 3 is 2.46 bits per heavy atom. The highest BCUT2D eigenvalue weighted by molar-refractivity contribution is 7.89. The molecule has 0 atom stereocenters. The number of halogens is 1. The third kappa shape index (κ3) is 3.94. The lowest BCUT2D eigenvalue weighted by molar-refractivity contribution is 0.0600. The first-order valence-electron chi connectivity index (χ1n) is 6.60. The third-order valence-electron chi connectivity index (χ3n) is 2.98. The van der Waals surface area contributed by atoms with Crippen molar-refractivity contribution in [1.29, 1.82) is 0 Å². The number of methoxy groups -OCH3 is 1. The number of esters is 1. The zero-order valence-electron chi connectivity index (χ0n) is 12.4. The minimum absolute atomic E-state index is 0.0285. The fourth-order valence-electron chi connectivity index (χ4n) is 1.79. The maximum atomic E-state index is 13.5. The van der Waals surface area contributed by atoms with Crippen LogP contribution in [0, 0.1) is 5.82 Å². The largest absolute Gasteiger partial charge is 0.465 e. The van der Waals surface area contributed by atoms with Crippen molar-refractivity contribution in [3.8, 4) is 0 Å². The standard InChI is InChI=1S/C15H13FN2O5S/c1-23-15(20)10-5-4-6-11(9-10)24(21,22)18-17-14(19)12-7-2-3-8-13(12)16/h2-9,18H,1H3,(H,17,19). The van der Waals surface area contributed by atoms with Crippen LogP contribution in [0.2, 0.25) is 0 Å². The van der Waals surface area contributed by atoms with Gasteiger partial charge in [0.05, 0.1) is 23.1 Å². The van der Waals surface area contributed by atoms with E-state index in [1.165, 1.54) is 36.4 Å². The zero-order chi connectivity index (χ0) is 17.7.